The number of fused-ring (bicyclic) bond motifs is 1. The predicted molar refractivity (Wildman–Crippen MR) is 140 cm³/mol. The Morgan fingerprint density at radius 1 is 1.11 bits per heavy atom. The SMILES string of the molecule is CC.NC1CCC(Nc2cc3nc(Cc4ccc(-c5cc(F)cc(F)c5)nc4)[nH]c(=O)c3cc2Cl)C1. The molecule has 0 bridgehead atoms. The molecule has 4 aromatic rings. The first kappa shape index (κ1) is 25.7. The van der Waals surface area contributed by atoms with Crippen LogP contribution in [-0.2, 0) is 6.42 Å². The van der Waals surface area contributed by atoms with Gasteiger partial charge in [0.15, 0.2) is 0 Å². The van der Waals surface area contributed by atoms with Crippen LogP contribution in [0.4, 0.5) is 14.5 Å². The largest absolute Gasteiger partial charge is 0.381 e. The molecule has 5 rings (SSSR count). The molecule has 0 spiro atoms. The summed E-state index contributed by atoms with van der Waals surface area (Å²) in [6.45, 7) is 4.00. The van der Waals surface area contributed by atoms with Crippen LogP contribution in [0.1, 0.15) is 44.5 Å². The highest BCUT2D eigenvalue weighted by Gasteiger charge is 2.22. The second-order valence-corrected chi connectivity index (χ2v) is 9.07. The van der Waals surface area contributed by atoms with Crippen LogP contribution in [0.25, 0.3) is 22.2 Å². The number of pyridine rings is 1. The molecule has 2 heterocycles. The molecule has 0 amide bonds. The molecule has 188 valence electrons. The summed E-state index contributed by atoms with van der Waals surface area (Å²) >= 11 is 6.41. The highest BCUT2D eigenvalue weighted by Crippen LogP contribution is 2.30. The summed E-state index contributed by atoms with van der Waals surface area (Å²) in [6, 6.07) is 10.6. The summed E-state index contributed by atoms with van der Waals surface area (Å²) in [5.74, 6) is -0.855. The molecule has 9 heteroatoms. The van der Waals surface area contributed by atoms with Gasteiger partial charge in [-0.25, -0.2) is 13.8 Å². The molecule has 1 saturated carbocycles. The lowest BCUT2D eigenvalue weighted by Gasteiger charge is -2.16. The molecule has 0 saturated heterocycles. The second-order valence-electron chi connectivity index (χ2n) is 8.66. The third-order valence-electron chi connectivity index (χ3n) is 6.03. The number of benzene rings is 2. The maximum Gasteiger partial charge on any atom is 0.258 e. The van der Waals surface area contributed by atoms with Gasteiger partial charge in [-0.15, -0.1) is 0 Å². The molecule has 2 unspecified atom stereocenters. The van der Waals surface area contributed by atoms with Gasteiger partial charge in [0.25, 0.3) is 5.56 Å². The minimum Gasteiger partial charge on any atom is -0.381 e. The normalized spacial score (nSPS) is 17.1. The van der Waals surface area contributed by atoms with Gasteiger partial charge in [0.2, 0.25) is 0 Å². The minimum atomic E-state index is -0.663. The van der Waals surface area contributed by atoms with E-state index >= 15 is 0 Å². The third kappa shape index (κ3) is 5.88. The molecular weight excluding hydrogens is 484 g/mol. The van der Waals surface area contributed by atoms with Gasteiger partial charge in [-0.3, -0.25) is 9.78 Å². The maximum absolute atomic E-state index is 13.5. The average Bonchev–Trinajstić information content (AvgIpc) is 3.26. The first-order valence-electron chi connectivity index (χ1n) is 12.0. The molecule has 2 aromatic carbocycles. The zero-order chi connectivity index (χ0) is 25.8. The fraction of sp³-hybridized carbons (Fsp3) is 0.296. The van der Waals surface area contributed by atoms with Crippen molar-refractivity contribution in [3.63, 3.8) is 0 Å². The van der Waals surface area contributed by atoms with Crippen molar-refractivity contribution >= 4 is 28.2 Å². The van der Waals surface area contributed by atoms with Gasteiger partial charge < -0.3 is 16.0 Å². The summed E-state index contributed by atoms with van der Waals surface area (Å²) in [7, 11) is 0. The van der Waals surface area contributed by atoms with E-state index in [2.05, 4.69) is 20.3 Å². The number of H-pyrrole nitrogens is 1. The summed E-state index contributed by atoms with van der Waals surface area (Å²) < 4.78 is 27.0. The topological polar surface area (TPSA) is 96.7 Å². The molecular formula is C27H28ClF2N5O. The second kappa shape index (κ2) is 11.1. The number of aromatic amines is 1. The van der Waals surface area contributed by atoms with E-state index in [1.807, 2.05) is 13.8 Å². The number of nitrogens with zero attached hydrogens (tertiary/aromatic N) is 2. The van der Waals surface area contributed by atoms with E-state index in [9.17, 15) is 13.6 Å². The molecule has 1 aliphatic carbocycles. The molecule has 2 aromatic heterocycles. The number of halogens is 3. The van der Waals surface area contributed by atoms with E-state index in [4.69, 9.17) is 17.3 Å². The molecule has 2 atom stereocenters. The zero-order valence-electron chi connectivity index (χ0n) is 20.1. The molecule has 36 heavy (non-hydrogen) atoms. The standard InChI is InChI=1S/C25H22ClF2N5O.C2H6/c26-20-10-19-22(11-23(20)31-18-3-2-17(29)9-18)32-24(33-25(19)34)5-13-1-4-21(30-12-13)14-6-15(27)8-16(28)7-14;1-2/h1,4,6-8,10-12,17-18,31H,2-3,5,9,29H2,(H,32,33,34);1-2H3. The number of hydrogen-bond acceptors (Lipinski definition) is 5. The van der Waals surface area contributed by atoms with Crippen molar-refractivity contribution in [1.29, 1.82) is 0 Å². The zero-order valence-corrected chi connectivity index (χ0v) is 20.9. The van der Waals surface area contributed by atoms with Crippen molar-refractivity contribution in [1.82, 2.24) is 15.0 Å². The predicted octanol–water partition coefficient (Wildman–Crippen LogP) is 5.83. The van der Waals surface area contributed by atoms with Crippen LogP contribution in [0, 0.1) is 11.6 Å². The van der Waals surface area contributed by atoms with E-state index < -0.39 is 11.6 Å². The Bertz CT molecular complexity index is 1400. The van der Waals surface area contributed by atoms with Gasteiger partial charge in [-0.1, -0.05) is 31.5 Å². The van der Waals surface area contributed by atoms with Gasteiger partial charge in [-0.2, -0.15) is 0 Å². The fourth-order valence-electron chi connectivity index (χ4n) is 4.36. The fourth-order valence-corrected chi connectivity index (χ4v) is 4.58. The van der Waals surface area contributed by atoms with Crippen LogP contribution in [-0.4, -0.2) is 27.0 Å². The average molecular weight is 512 g/mol. The summed E-state index contributed by atoms with van der Waals surface area (Å²) in [5.41, 5.74) is 8.57. The first-order chi connectivity index (χ1) is 17.3. The van der Waals surface area contributed by atoms with Crippen molar-refractivity contribution in [3.8, 4) is 11.3 Å². The first-order valence-corrected chi connectivity index (χ1v) is 12.4. The third-order valence-corrected chi connectivity index (χ3v) is 6.34. The van der Waals surface area contributed by atoms with Crippen LogP contribution >= 0.6 is 11.6 Å². The highest BCUT2D eigenvalue weighted by atomic mass is 35.5. The number of hydrogen-bond donors (Lipinski definition) is 3. The molecule has 4 N–H and O–H groups in total. The maximum atomic E-state index is 13.5. The number of aromatic nitrogens is 3. The summed E-state index contributed by atoms with van der Waals surface area (Å²) in [6.07, 6.45) is 4.73. The van der Waals surface area contributed by atoms with Crippen molar-refractivity contribution < 1.29 is 8.78 Å². The van der Waals surface area contributed by atoms with E-state index in [1.54, 1.807) is 30.5 Å². The number of nitrogens with two attached hydrogens (primary N) is 1. The Morgan fingerprint density at radius 2 is 1.86 bits per heavy atom. The lowest BCUT2D eigenvalue weighted by Crippen LogP contribution is -2.21. The Kier molecular flexibility index (Phi) is 7.96. The Balaban J connectivity index is 0.00000148. The Labute approximate surface area is 212 Å². The lowest BCUT2D eigenvalue weighted by molar-refractivity contribution is 0.584. The van der Waals surface area contributed by atoms with Gasteiger partial charge in [0, 0.05) is 36.3 Å². The minimum absolute atomic E-state index is 0.184. The van der Waals surface area contributed by atoms with Crippen LogP contribution in [0.5, 0.6) is 0 Å². The van der Waals surface area contributed by atoms with E-state index in [1.165, 1.54) is 12.1 Å². The van der Waals surface area contributed by atoms with Crippen molar-refractivity contribution in [3.05, 3.63) is 87.1 Å². The van der Waals surface area contributed by atoms with E-state index in [0.29, 0.717) is 39.4 Å². The molecule has 6 nitrogen and oxygen atoms in total. The van der Waals surface area contributed by atoms with E-state index in [0.717, 1.165) is 36.6 Å². The van der Waals surface area contributed by atoms with Gasteiger partial charge in [0.05, 0.1) is 27.3 Å². The summed E-state index contributed by atoms with van der Waals surface area (Å²) in [5, 5.41) is 4.29. The highest BCUT2D eigenvalue weighted by molar-refractivity contribution is 6.34. The number of anilines is 1. The van der Waals surface area contributed by atoms with Crippen LogP contribution < -0.4 is 16.6 Å². The van der Waals surface area contributed by atoms with Crippen LogP contribution in [0.15, 0.2) is 53.5 Å². The van der Waals surface area contributed by atoms with Gasteiger partial charge >= 0.3 is 0 Å². The molecule has 0 radical (unpaired) electrons. The van der Waals surface area contributed by atoms with Crippen molar-refractivity contribution in [2.24, 2.45) is 5.73 Å². The van der Waals surface area contributed by atoms with Gasteiger partial charge in [-0.05, 0) is 55.2 Å². The lowest BCUT2D eigenvalue weighted by atomic mass is 10.1. The quantitative estimate of drug-likeness (QED) is 0.313. The Hall–Kier alpha value is -3.36. The molecule has 0 aliphatic heterocycles. The van der Waals surface area contributed by atoms with Crippen molar-refractivity contribution in [2.75, 3.05) is 5.32 Å². The smallest absolute Gasteiger partial charge is 0.258 e. The molecule has 1 fully saturated rings. The Morgan fingerprint density at radius 3 is 2.50 bits per heavy atom. The van der Waals surface area contributed by atoms with Crippen LogP contribution in [0.2, 0.25) is 5.02 Å². The van der Waals surface area contributed by atoms with Crippen LogP contribution in [0.3, 0.4) is 0 Å². The summed E-state index contributed by atoms with van der Waals surface area (Å²) in [4.78, 5) is 24.4. The van der Waals surface area contributed by atoms with Gasteiger partial charge in [0.1, 0.15) is 17.5 Å². The molecule has 1 aliphatic rings. The van der Waals surface area contributed by atoms with E-state index in [-0.39, 0.29) is 17.6 Å². The number of rotatable bonds is 5. The number of nitrogens with one attached hydrogen (secondary N) is 2. The monoisotopic (exact) mass is 511 g/mol. The van der Waals surface area contributed by atoms with Crippen molar-refractivity contribution in [2.45, 2.75) is 51.6 Å².